The Morgan fingerprint density at radius 2 is 1.56 bits per heavy atom. The van der Waals surface area contributed by atoms with Crippen molar-refractivity contribution in [3.8, 4) is 0 Å². The molecule has 1 heterocycles. The number of carbonyl (C=O) groups is 1. The van der Waals surface area contributed by atoms with Crippen LogP contribution in [0.25, 0.3) is 0 Å². The average molecular weight is 528 g/mol. The molecule has 1 aliphatic rings. The fraction of sp³-hybridized carbons (Fsp3) is 0.130. The molecular formula is C23H16Cl5N3O. The zero-order valence-electron chi connectivity index (χ0n) is 16.5. The van der Waals surface area contributed by atoms with E-state index >= 15 is 0 Å². The van der Waals surface area contributed by atoms with E-state index in [0.29, 0.717) is 27.2 Å². The van der Waals surface area contributed by atoms with Crippen LogP contribution >= 0.6 is 58.0 Å². The van der Waals surface area contributed by atoms with Crippen molar-refractivity contribution in [3.63, 3.8) is 0 Å². The summed E-state index contributed by atoms with van der Waals surface area (Å²) in [6.45, 7) is 0.228. The Labute approximate surface area is 210 Å². The summed E-state index contributed by atoms with van der Waals surface area (Å²) in [7, 11) is 0. The van der Waals surface area contributed by atoms with Gasteiger partial charge < -0.3 is 5.32 Å². The highest BCUT2D eigenvalue weighted by atomic mass is 35.5. The van der Waals surface area contributed by atoms with Crippen molar-refractivity contribution in [3.05, 3.63) is 96.9 Å². The first-order valence-electron chi connectivity index (χ1n) is 9.62. The number of amides is 1. The zero-order chi connectivity index (χ0) is 22.8. The maximum absolute atomic E-state index is 12.7. The van der Waals surface area contributed by atoms with Gasteiger partial charge >= 0.3 is 0 Å². The van der Waals surface area contributed by atoms with Crippen molar-refractivity contribution in [1.82, 2.24) is 5.32 Å². The second-order valence-electron chi connectivity index (χ2n) is 7.16. The molecule has 1 N–H and O–H groups in total. The van der Waals surface area contributed by atoms with Gasteiger partial charge in [-0.1, -0.05) is 76.2 Å². The number of hydrogen-bond donors (Lipinski definition) is 1. The number of nitrogens with zero attached hydrogens (tertiary/aromatic N) is 2. The van der Waals surface area contributed by atoms with E-state index in [1.54, 1.807) is 30.3 Å². The molecule has 9 heteroatoms. The van der Waals surface area contributed by atoms with E-state index in [0.717, 1.165) is 11.3 Å². The van der Waals surface area contributed by atoms with Gasteiger partial charge in [-0.2, -0.15) is 5.10 Å². The molecule has 0 fully saturated rings. The Hall–Kier alpha value is -1.95. The molecule has 0 aromatic heterocycles. The molecule has 32 heavy (non-hydrogen) atoms. The number of halogens is 5. The molecule has 0 aliphatic carbocycles. The van der Waals surface area contributed by atoms with E-state index in [-0.39, 0.29) is 34.1 Å². The molecule has 0 saturated carbocycles. The van der Waals surface area contributed by atoms with Gasteiger partial charge in [0, 0.05) is 16.5 Å². The molecule has 0 bridgehead atoms. The van der Waals surface area contributed by atoms with Gasteiger partial charge in [-0.25, -0.2) is 0 Å². The van der Waals surface area contributed by atoms with Gasteiger partial charge in [-0.15, -0.1) is 0 Å². The molecule has 0 radical (unpaired) electrons. The highest BCUT2D eigenvalue weighted by molar-refractivity contribution is 6.39. The summed E-state index contributed by atoms with van der Waals surface area (Å²) in [6.07, 6.45) is 0.580. The Morgan fingerprint density at radius 1 is 0.906 bits per heavy atom. The van der Waals surface area contributed by atoms with Crippen molar-refractivity contribution in [1.29, 1.82) is 0 Å². The summed E-state index contributed by atoms with van der Waals surface area (Å²) in [5.41, 5.74) is 2.74. The lowest BCUT2D eigenvalue weighted by molar-refractivity contribution is 0.0959. The van der Waals surface area contributed by atoms with E-state index in [1.807, 2.05) is 35.3 Å². The fourth-order valence-electron chi connectivity index (χ4n) is 3.50. The first-order chi connectivity index (χ1) is 15.3. The van der Waals surface area contributed by atoms with Crippen molar-refractivity contribution in [2.75, 3.05) is 11.6 Å². The molecule has 1 unspecified atom stereocenters. The fourth-order valence-corrected chi connectivity index (χ4v) is 4.69. The highest BCUT2D eigenvalue weighted by Crippen LogP contribution is 2.39. The first-order valence-corrected chi connectivity index (χ1v) is 11.5. The number of anilines is 1. The quantitative estimate of drug-likeness (QED) is 0.370. The van der Waals surface area contributed by atoms with Crippen LogP contribution in [0, 0.1) is 0 Å². The third kappa shape index (κ3) is 5.00. The SMILES string of the molecule is O=C(NCC1=NN(c2ccc(Cl)cc2Cl)C(c2ccc(Cl)cc2)C1)c1c(Cl)cccc1Cl. The minimum absolute atomic E-state index is 0.123. The topological polar surface area (TPSA) is 44.7 Å². The minimum Gasteiger partial charge on any atom is -0.347 e. The van der Waals surface area contributed by atoms with Crippen LogP contribution in [-0.2, 0) is 0 Å². The van der Waals surface area contributed by atoms with Crippen LogP contribution in [0.3, 0.4) is 0 Å². The molecule has 1 aliphatic heterocycles. The predicted molar refractivity (Wildman–Crippen MR) is 134 cm³/mol. The lowest BCUT2D eigenvalue weighted by atomic mass is 10.0. The number of carbonyl (C=O) groups excluding carboxylic acids is 1. The third-order valence-corrected chi connectivity index (χ3v) is 6.45. The van der Waals surface area contributed by atoms with Gasteiger partial charge in [0.2, 0.25) is 0 Å². The van der Waals surface area contributed by atoms with Crippen LogP contribution in [0.2, 0.25) is 25.1 Å². The van der Waals surface area contributed by atoms with Crippen LogP contribution < -0.4 is 10.3 Å². The Balaban J connectivity index is 1.59. The van der Waals surface area contributed by atoms with Gasteiger partial charge in [0.05, 0.1) is 44.6 Å². The first kappa shape index (κ1) is 23.2. The van der Waals surface area contributed by atoms with Crippen molar-refractivity contribution >= 4 is 75.3 Å². The summed E-state index contributed by atoms with van der Waals surface area (Å²) in [4.78, 5) is 12.7. The zero-order valence-corrected chi connectivity index (χ0v) is 20.2. The van der Waals surface area contributed by atoms with Crippen LogP contribution in [0.15, 0.2) is 65.8 Å². The number of nitrogens with one attached hydrogen (secondary N) is 1. The van der Waals surface area contributed by atoms with Gasteiger partial charge in [0.15, 0.2) is 0 Å². The summed E-state index contributed by atoms with van der Waals surface area (Å²) in [5, 5.41) is 11.7. The smallest absolute Gasteiger partial charge is 0.254 e. The lowest BCUT2D eigenvalue weighted by Crippen LogP contribution is -2.29. The van der Waals surface area contributed by atoms with Crippen molar-refractivity contribution in [2.45, 2.75) is 12.5 Å². The predicted octanol–water partition coefficient (Wildman–Crippen LogP) is 7.69. The van der Waals surface area contributed by atoms with Crippen LogP contribution in [0.4, 0.5) is 5.69 Å². The van der Waals surface area contributed by atoms with Crippen molar-refractivity contribution < 1.29 is 4.79 Å². The number of hydrogen-bond acceptors (Lipinski definition) is 3. The lowest BCUT2D eigenvalue weighted by Gasteiger charge is -2.25. The van der Waals surface area contributed by atoms with Crippen LogP contribution in [0.1, 0.15) is 28.4 Å². The molecule has 164 valence electrons. The number of rotatable bonds is 5. The van der Waals surface area contributed by atoms with Crippen LogP contribution in [-0.4, -0.2) is 18.2 Å². The standard InChI is InChI=1S/C23H16Cl5N3O/c24-14-6-4-13(5-7-14)21-11-16(30-31(21)20-9-8-15(25)10-19(20)28)12-29-23(32)22-17(26)2-1-3-18(22)27/h1-10,21H,11-12H2,(H,29,32). The van der Waals surface area contributed by atoms with E-state index in [4.69, 9.17) is 63.1 Å². The maximum atomic E-state index is 12.7. The van der Waals surface area contributed by atoms with Gasteiger partial charge in [-0.3, -0.25) is 9.80 Å². The van der Waals surface area contributed by atoms with E-state index in [1.165, 1.54) is 0 Å². The summed E-state index contributed by atoms with van der Waals surface area (Å²) in [5.74, 6) is -0.366. The Kier molecular flexibility index (Phi) is 7.18. The largest absolute Gasteiger partial charge is 0.347 e. The maximum Gasteiger partial charge on any atom is 0.254 e. The monoisotopic (exact) mass is 525 g/mol. The normalized spacial score (nSPS) is 15.6. The summed E-state index contributed by atoms with van der Waals surface area (Å²) in [6, 6.07) is 17.6. The van der Waals surface area contributed by atoms with E-state index in [9.17, 15) is 4.79 Å². The van der Waals surface area contributed by atoms with Crippen molar-refractivity contribution in [2.24, 2.45) is 5.10 Å². The molecule has 0 saturated heterocycles. The van der Waals surface area contributed by atoms with Gasteiger partial charge in [-0.05, 0) is 48.0 Å². The Bertz CT molecular complexity index is 1180. The molecule has 3 aromatic carbocycles. The minimum atomic E-state index is -0.366. The average Bonchev–Trinajstić information content (AvgIpc) is 3.16. The second kappa shape index (κ2) is 9.90. The molecule has 4 rings (SSSR count). The summed E-state index contributed by atoms with van der Waals surface area (Å²) >= 11 is 30.9. The third-order valence-electron chi connectivity index (χ3n) is 5.03. The molecular weight excluding hydrogens is 512 g/mol. The van der Waals surface area contributed by atoms with Gasteiger partial charge in [0.25, 0.3) is 5.91 Å². The molecule has 1 amide bonds. The molecule has 0 spiro atoms. The highest BCUT2D eigenvalue weighted by Gasteiger charge is 2.30. The second-order valence-corrected chi connectivity index (χ2v) is 9.25. The molecule has 3 aromatic rings. The molecule has 1 atom stereocenters. The van der Waals surface area contributed by atoms with E-state index in [2.05, 4.69) is 5.32 Å². The Morgan fingerprint density at radius 3 is 2.22 bits per heavy atom. The summed E-state index contributed by atoms with van der Waals surface area (Å²) < 4.78 is 0. The number of benzene rings is 3. The van der Waals surface area contributed by atoms with Crippen LogP contribution in [0.5, 0.6) is 0 Å². The van der Waals surface area contributed by atoms with Gasteiger partial charge in [0.1, 0.15) is 0 Å². The van der Waals surface area contributed by atoms with E-state index < -0.39 is 0 Å². The molecule has 4 nitrogen and oxygen atoms in total. The number of hydrazone groups is 1.